The predicted molar refractivity (Wildman–Crippen MR) is 139 cm³/mol. The lowest BCUT2D eigenvalue weighted by Crippen LogP contribution is -2.51. The molecule has 0 aliphatic heterocycles. The van der Waals surface area contributed by atoms with E-state index in [0.29, 0.717) is 12.3 Å². The third-order valence-corrected chi connectivity index (χ3v) is 6.95. The number of hydrogen-bond acceptors (Lipinski definition) is 3. The van der Waals surface area contributed by atoms with Gasteiger partial charge in [0.1, 0.15) is 11.8 Å². The molecular formula is C28H31BrN2O3. The van der Waals surface area contributed by atoms with Crippen molar-refractivity contribution in [1.29, 1.82) is 0 Å². The molecule has 0 radical (unpaired) electrons. The zero-order chi connectivity index (χ0) is 23.9. The second kappa shape index (κ2) is 11.5. The Kier molecular flexibility index (Phi) is 8.22. The van der Waals surface area contributed by atoms with Gasteiger partial charge in [-0.3, -0.25) is 9.59 Å². The summed E-state index contributed by atoms with van der Waals surface area (Å²) in [5.41, 5.74) is 0.949. The highest BCUT2D eigenvalue weighted by molar-refractivity contribution is 9.10. The van der Waals surface area contributed by atoms with Gasteiger partial charge in [-0.2, -0.15) is 0 Å². The normalized spacial score (nSPS) is 15.0. The molecular weight excluding hydrogens is 492 g/mol. The Morgan fingerprint density at radius 3 is 2.56 bits per heavy atom. The van der Waals surface area contributed by atoms with Gasteiger partial charge in [-0.1, -0.05) is 83.7 Å². The van der Waals surface area contributed by atoms with E-state index in [1.807, 2.05) is 66.7 Å². The van der Waals surface area contributed by atoms with Gasteiger partial charge in [0.25, 0.3) is 5.91 Å². The van der Waals surface area contributed by atoms with Crippen molar-refractivity contribution >= 4 is 38.5 Å². The summed E-state index contributed by atoms with van der Waals surface area (Å²) in [7, 11) is 0. The van der Waals surface area contributed by atoms with Crippen LogP contribution in [0.25, 0.3) is 10.8 Å². The maximum absolute atomic E-state index is 13.4. The van der Waals surface area contributed by atoms with E-state index < -0.39 is 6.04 Å². The number of amides is 2. The van der Waals surface area contributed by atoms with Crippen molar-refractivity contribution in [2.75, 3.05) is 6.61 Å². The second-order valence-electron chi connectivity index (χ2n) is 8.94. The molecule has 5 nitrogen and oxygen atoms in total. The Labute approximate surface area is 209 Å². The molecule has 2 amide bonds. The van der Waals surface area contributed by atoms with Crippen LogP contribution in [0.15, 0.2) is 71.2 Å². The van der Waals surface area contributed by atoms with E-state index in [1.165, 1.54) is 6.42 Å². The van der Waals surface area contributed by atoms with Gasteiger partial charge in [-0.05, 0) is 48.9 Å². The molecule has 0 aromatic heterocycles. The smallest absolute Gasteiger partial charge is 0.261 e. The van der Waals surface area contributed by atoms with Gasteiger partial charge in [0.05, 0.1) is 0 Å². The highest BCUT2D eigenvalue weighted by Gasteiger charge is 2.28. The molecule has 34 heavy (non-hydrogen) atoms. The van der Waals surface area contributed by atoms with Gasteiger partial charge in [-0.25, -0.2) is 0 Å². The van der Waals surface area contributed by atoms with E-state index in [1.54, 1.807) is 11.8 Å². The Bertz CT molecular complexity index is 1140. The first-order chi connectivity index (χ1) is 16.5. The van der Waals surface area contributed by atoms with Crippen LogP contribution in [0.2, 0.25) is 0 Å². The predicted octanol–water partition coefficient (Wildman–Crippen LogP) is 5.85. The third-order valence-electron chi connectivity index (χ3n) is 6.46. The average Bonchev–Trinajstić information content (AvgIpc) is 2.86. The van der Waals surface area contributed by atoms with Crippen molar-refractivity contribution in [3.63, 3.8) is 0 Å². The topological polar surface area (TPSA) is 58.6 Å². The van der Waals surface area contributed by atoms with Crippen LogP contribution in [-0.4, -0.2) is 35.4 Å². The van der Waals surface area contributed by atoms with Gasteiger partial charge in [0.2, 0.25) is 5.91 Å². The summed E-state index contributed by atoms with van der Waals surface area (Å²) in [6.07, 6.45) is 5.50. The fourth-order valence-electron chi connectivity index (χ4n) is 4.53. The molecule has 1 aliphatic rings. The number of ether oxygens (including phenoxy) is 1. The van der Waals surface area contributed by atoms with E-state index in [9.17, 15) is 9.59 Å². The number of carbonyl (C=O) groups is 2. The molecule has 178 valence electrons. The summed E-state index contributed by atoms with van der Waals surface area (Å²) in [5.74, 6) is 0.327. The van der Waals surface area contributed by atoms with Crippen molar-refractivity contribution in [3.05, 3.63) is 76.8 Å². The van der Waals surface area contributed by atoms with Gasteiger partial charge >= 0.3 is 0 Å². The van der Waals surface area contributed by atoms with Gasteiger partial charge in [0.15, 0.2) is 6.61 Å². The first-order valence-corrected chi connectivity index (χ1v) is 12.8. The molecule has 6 heteroatoms. The Hall–Kier alpha value is -2.86. The SMILES string of the molecule is C[C@H](C(=O)NC1CCCCC1)N(Cc1cccc(Br)c1)C(=O)COc1cccc2ccccc12. The first kappa shape index (κ1) is 24.3. The van der Waals surface area contributed by atoms with Gasteiger partial charge < -0.3 is 15.0 Å². The van der Waals surface area contributed by atoms with E-state index in [-0.39, 0.29) is 24.5 Å². The molecule has 3 aromatic rings. The Morgan fingerprint density at radius 1 is 1.03 bits per heavy atom. The molecule has 1 N–H and O–H groups in total. The molecule has 0 saturated heterocycles. The van der Waals surface area contributed by atoms with Crippen molar-refractivity contribution in [2.45, 2.75) is 57.7 Å². The third kappa shape index (κ3) is 6.17. The van der Waals surface area contributed by atoms with Crippen LogP contribution in [0.1, 0.15) is 44.6 Å². The number of hydrogen-bond donors (Lipinski definition) is 1. The number of rotatable bonds is 8. The molecule has 1 saturated carbocycles. The lowest BCUT2D eigenvalue weighted by atomic mass is 9.95. The molecule has 3 aromatic carbocycles. The van der Waals surface area contributed by atoms with Crippen molar-refractivity contribution in [3.8, 4) is 5.75 Å². The van der Waals surface area contributed by atoms with Crippen molar-refractivity contribution < 1.29 is 14.3 Å². The molecule has 4 rings (SSSR count). The Morgan fingerprint density at radius 2 is 1.76 bits per heavy atom. The zero-order valence-electron chi connectivity index (χ0n) is 19.5. The lowest BCUT2D eigenvalue weighted by molar-refractivity contribution is -0.142. The number of carbonyl (C=O) groups excluding carboxylic acids is 2. The number of nitrogens with one attached hydrogen (secondary N) is 1. The molecule has 1 fully saturated rings. The molecule has 0 unspecified atom stereocenters. The van der Waals surface area contributed by atoms with Crippen LogP contribution in [0.3, 0.4) is 0 Å². The number of fused-ring (bicyclic) bond motifs is 1. The summed E-state index contributed by atoms with van der Waals surface area (Å²) < 4.78 is 6.91. The fraction of sp³-hybridized carbons (Fsp3) is 0.357. The first-order valence-electron chi connectivity index (χ1n) is 12.0. The van der Waals surface area contributed by atoms with Crippen LogP contribution in [0.4, 0.5) is 0 Å². The van der Waals surface area contributed by atoms with Crippen LogP contribution >= 0.6 is 15.9 Å². The summed E-state index contributed by atoms with van der Waals surface area (Å²) >= 11 is 3.50. The van der Waals surface area contributed by atoms with E-state index in [0.717, 1.165) is 46.5 Å². The van der Waals surface area contributed by atoms with Crippen molar-refractivity contribution in [1.82, 2.24) is 10.2 Å². The maximum atomic E-state index is 13.4. The van der Waals surface area contributed by atoms with Crippen molar-refractivity contribution in [2.24, 2.45) is 0 Å². The summed E-state index contributed by atoms with van der Waals surface area (Å²) in [4.78, 5) is 28.1. The number of halogens is 1. The minimum Gasteiger partial charge on any atom is -0.483 e. The van der Waals surface area contributed by atoms with E-state index >= 15 is 0 Å². The molecule has 0 bridgehead atoms. The maximum Gasteiger partial charge on any atom is 0.261 e. The molecule has 0 heterocycles. The average molecular weight is 523 g/mol. The second-order valence-corrected chi connectivity index (χ2v) is 9.85. The highest BCUT2D eigenvalue weighted by atomic mass is 79.9. The number of benzene rings is 3. The minimum atomic E-state index is -0.607. The minimum absolute atomic E-state index is 0.111. The summed E-state index contributed by atoms with van der Waals surface area (Å²) in [6, 6.07) is 21.1. The summed E-state index contributed by atoms with van der Waals surface area (Å²) in [5, 5.41) is 5.18. The lowest BCUT2D eigenvalue weighted by Gasteiger charge is -2.31. The summed E-state index contributed by atoms with van der Waals surface area (Å²) in [6.45, 7) is 1.99. The zero-order valence-corrected chi connectivity index (χ0v) is 21.1. The van der Waals surface area contributed by atoms with E-state index in [4.69, 9.17) is 4.74 Å². The molecule has 0 spiro atoms. The molecule has 1 aliphatic carbocycles. The van der Waals surface area contributed by atoms with Crippen LogP contribution < -0.4 is 10.1 Å². The van der Waals surface area contributed by atoms with Crippen LogP contribution in [-0.2, 0) is 16.1 Å². The molecule has 1 atom stereocenters. The highest BCUT2D eigenvalue weighted by Crippen LogP contribution is 2.25. The standard InChI is InChI=1S/C28H31BrN2O3/c1-20(28(33)30-24-13-3-2-4-14-24)31(18-21-9-7-12-23(29)17-21)27(32)19-34-26-16-8-11-22-10-5-6-15-25(22)26/h5-12,15-17,20,24H,2-4,13-14,18-19H2,1H3,(H,30,33)/t20-/m1/s1. The monoisotopic (exact) mass is 522 g/mol. The Balaban J connectivity index is 1.50. The van der Waals surface area contributed by atoms with Crippen LogP contribution in [0, 0.1) is 0 Å². The van der Waals surface area contributed by atoms with Crippen LogP contribution in [0.5, 0.6) is 5.75 Å². The van der Waals surface area contributed by atoms with Gasteiger partial charge in [-0.15, -0.1) is 0 Å². The van der Waals surface area contributed by atoms with Gasteiger partial charge in [0, 0.05) is 22.4 Å². The van der Waals surface area contributed by atoms with E-state index in [2.05, 4.69) is 21.2 Å². The largest absolute Gasteiger partial charge is 0.483 e. The number of nitrogens with zero attached hydrogens (tertiary/aromatic N) is 1. The fourth-order valence-corrected chi connectivity index (χ4v) is 4.97. The quantitative estimate of drug-likeness (QED) is 0.403.